The summed E-state index contributed by atoms with van der Waals surface area (Å²) in [6, 6.07) is 70.1. The van der Waals surface area contributed by atoms with Gasteiger partial charge in [0.1, 0.15) is 28.3 Å². The lowest BCUT2D eigenvalue weighted by molar-refractivity contribution is 0.465. The highest BCUT2D eigenvalue weighted by molar-refractivity contribution is 6.16. The predicted octanol–water partition coefficient (Wildman–Crippen LogP) is 17.4. The average molecular weight is 893 g/mol. The molecule has 2 aromatic heterocycles. The summed E-state index contributed by atoms with van der Waals surface area (Å²) in [6.07, 6.45) is 13.1. The molecule has 1 unspecified atom stereocenters. The van der Waals surface area contributed by atoms with Crippen LogP contribution in [-0.4, -0.2) is 5.11 Å². The minimum Gasteiger partial charge on any atom is -0.508 e. The Labute approximate surface area is 401 Å². The van der Waals surface area contributed by atoms with Crippen molar-refractivity contribution in [3.05, 3.63) is 259 Å². The largest absolute Gasteiger partial charge is 0.508 e. The van der Waals surface area contributed by atoms with Crippen LogP contribution in [-0.2, 0) is 0 Å². The van der Waals surface area contributed by atoms with Crippen molar-refractivity contribution in [2.75, 3.05) is 10.6 Å². The van der Waals surface area contributed by atoms with Gasteiger partial charge in [-0.2, -0.15) is 0 Å². The molecular weight excluding hydrogens is 845 g/mol. The maximum Gasteiger partial charge on any atom is 0.142 e. The maximum absolute atomic E-state index is 10.9. The average Bonchev–Trinajstić information content (AvgIpc) is 3.98. The second kappa shape index (κ2) is 18.7. The number of furan rings is 2. The van der Waals surface area contributed by atoms with Crippen molar-refractivity contribution in [2.45, 2.75) is 12.3 Å². The van der Waals surface area contributed by atoms with Crippen LogP contribution in [0.3, 0.4) is 0 Å². The van der Waals surface area contributed by atoms with Gasteiger partial charge in [-0.3, -0.25) is 0 Å². The number of allylic oxidation sites excluding steroid dienone is 4. The van der Waals surface area contributed by atoms with Crippen molar-refractivity contribution in [3.8, 4) is 28.0 Å². The molecule has 332 valence electrons. The number of aromatic hydroxyl groups is 1. The summed E-state index contributed by atoms with van der Waals surface area (Å²) in [4.78, 5) is 2.35. The van der Waals surface area contributed by atoms with E-state index in [-0.39, 0.29) is 5.92 Å². The molecule has 0 saturated carbocycles. The summed E-state index contributed by atoms with van der Waals surface area (Å²) >= 11 is 0. The number of anilines is 3. The highest BCUT2D eigenvalue weighted by Crippen LogP contribution is 2.46. The van der Waals surface area contributed by atoms with Gasteiger partial charge in [0.25, 0.3) is 0 Å². The Bertz CT molecular complexity index is 3730. The number of nitrogen functional groups attached to an aromatic ring is 1. The first-order valence-corrected chi connectivity index (χ1v) is 23.2. The van der Waals surface area contributed by atoms with Gasteiger partial charge in [0.15, 0.2) is 0 Å². The van der Waals surface area contributed by atoms with E-state index in [2.05, 4.69) is 151 Å². The number of hydrogen-bond donors (Lipinski definition) is 2. The molecule has 3 N–H and O–H groups in total. The molecule has 12 rings (SSSR count). The third-order valence-electron chi connectivity index (χ3n) is 13.0. The van der Waals surface area contributed by atoms with Crippen molar-refractivity contribution in [1.29, 1.82) is 0 Å². The molecule has 1 aliphatic carbocycles. The molecule has 0 saturated heterocycles. The number of fused-ring (bicyclic) bond motifs is 6. The van der Waals surface area contributed by atoms with E-state index in [0.29, 0.717) is 12.2 Å². The van der Waals surface area contributed by atoms with E-state index in [0.717, 1.165) is 94.5 Å². The molecule has 0 aliphatic heterocycles. The molecule has 5 nitrogen and oxygen atoms in total. The Morgan fingerprint density at radius 1 is 0.565 bits per heavy atom. The first-order chi connectivity index (χ1) is 34.0. The standard InChI is InChI=1S/C52H37NO3.C12H11N/c1-2-40-49(31-28-36-16-13-23-45-43-21-9-11-25-48(43)56-52(36)45)55-50-33-46(42-20-6-7-22-44(42)51(40)50)53(38-29-26-35(27-30-38)34-14-4-3-5-15-34)39-18-12-17-37(32-39)41-19-8-10-24-47(41)54;13-12-8-6-11(7-9-12)10-4-2-1-3-5-10/h2-31,33,37,54H,1,32H2;1-9H,13H2/b31-28-;. The van der Waals surface area contributed by atoms with Gasteiger partial charge in [-0.1, -0.05) is 189 Å². The third kappa shape index (κ3) is 8.39. The Hall–Kier alpha value is -9.06. The van der Waals surface area contributed by atoms with Crippen molar-refractivity contribution in [2.24, 2.45) is 0 Å². The second-order valence-electron chi connectivity index (χ2n) is 17.2. The topological polar surface area (TPSA) is 75.8 Å². The minimum absolute atomic E-state index is 0.00113. The van der Waals surface area contributed by atoms with E-state index in [1.165, 1.54) is 16.7 Å². The SMILES string of the molecule is C=Cc1c(/C=C\c2cccc3c2oc2ccccc23)oc2cc(N(C3=CC=CC(c4ccccc4O)C3)c3ccc(-c4ccccc4)cc3)c3ccccc3c12.Nc1ccc(-c2ccccc2)cc1. The zero-order valence-corrected chi connectivity index (χ0v) is 37.9. The van der Waals surface area contributed by atoms with E-state index in [1.54, 1.807) is 6.07 Å². The minimum atomic E-state index is 0.00113. The van der Waals surface area contributed by atoms with Gasteiger partial charge in [0, 0.05) is 67.3 Å². The smallest absolute Gasteiger partial charge is 0.142 e. The number of nitrogens with zero attached hydrogens (tertiary/aromatic N) is 1. The van der Waals surface area contributed by atoms with E-state index < -0.39 is 0 Å². The Balaban J connectivity index is 0.000000346. The number of benzene rings is 9. The number of phenols is 1. The molecule has 9 aromatic carbocycles. The van der Waals surface area contributed by atoms with Crippen LogP contribution < -0.4 is 10.6 Å². The van der Waals surface area contributed by atoms with Crippen LogP contribution in [0, 0.1) is 0 Å². The highest BCUT2D eigenvalue weighted by Gasteiger charge is 2.26. The molecule has 69 heavy (non-hydrogen) atoms. The molecular formula is C64H48N2O3. The molecule has 1 aliphatic rings. The van der Waals surface area contributed by atoms with Crippen LogP contribution in [0.2, 0.25) is 0 Å². The fourth-order valence-electron chi connectivity index (χ4n) is 9.61. The summed E-state index contributed by atoms with van der Waals surface area (Å²) in [5.74, 6) is 1.03. The van der Waals surface area contributed by atoms with Crippen molar-refractivity contribution < 1.29 is 13.9 Å². The highest BCUT2D eigenvalue weighted by atomic mass is 16.3. The molecule has 11 aromatic rings. The van der Waals surface area contributed by atoms with E-state index >= 15 is 0 Å². The number of para-hydroxylation sites is 3. The molecule has 0 fully saturated rings. The molecule has 0 radical (unpaired) electrons. The van der Waals surface area contributed by atoms with Crippen LogP contribution in [0.25, 0.3) is 84.2 Å². The van der Waals surface area contributed by atoms with Crippen LogP contribution >= 0.6 is 0 Å². The van der Waals surface area contributed by atoms with Gasteiger partial charge in [-0.05, 0) is 88.7 Å². The normalized spacial score (nSPS) is 13.4. The summed E-state index contributed by atoms with van der Waals surface area (Å²) in [5, 5.41) is 16.2. The Morgan fingerprint density at radius 3 is 1.88 bits per heavy atom. The number of hydrogen-bond acceptors (Lipinski definition) is 5. The Morgan fingerprint density at radius 2 is 1.17 bits per heavy atom. The van der Waals surface area contributed by atoms with Crippen molar-refractivity contribution >= 4 is 79.0 Å². The second-order valence-corrected chi connectivity index (χ2v) is 17.2. The molecule has 0 spiro atoms. The fourth-order valence-corrected chi connectivity index (χ4v) is 9.61. The molecule has 0 amide bonds. The van der Waals surface area contributed by atoms with Gasteiger partial charge in [0.2, 0.25) is 0 Å². The first kappa shape index (κ1) is 42.6. The lowest BCUT2D eigenvalue weighted by Gasteiger charge is -2.32. The van der Waals surface area contributed by atoms with Gasteiger partial charge in [-0.15, -0.1) is 0 Å². The van der Waals surface area contributed by atoms with Crippen molar-refractivity contribution in [1.82, 2.24) is 0 Å². The Kier molecular flexibility index (Phi) is 11.5. The van der Waals surface area contributed by atoms with Gasteiger partial charge in [0.05, 0.1) is 5.69 Å². The fraction of sp³-hybridized carbons (Fsp3) is 0.0312. The van der Waals surface area contributed by atoms with Crippen LogP contribution in [0.15, 0.2) is 246 Å². The molecule has 1 atom stereocenters. The van der Waals surface area contributed by atoms with E-state index in [9.17, 15) is 5.11 Å². The predicted molar refractivity (Wildman–Crippen MR) is 289 cm³/mol. The van der Waals surface area contributed by atoms with Crippen molar-refractivity contribution in [3.63, 3.8) is 0 Å². The first-order valence-electron chi connectivity index (χ1n) is 23.2. The molecule has 2 heterocycles. The lowest BCUT2D eigenvalue weighted by Crippen LogP contribution is -2.20. The summed E-state index contributed by atoms with van der Waals surface area (Å²) in [5.41, 5.74) is 19.6. The number of rotatable bonds is 9. The van der Waals surface area contributed by atoms with Crippen LogP contribution in [0.4, 0.5) is 17.1 Å². The summed E-state index contributed by atoms with van der Waals surface area (Å²) in [7, 11) is 0. The van der Waals surface area contributed by atoms with Gasteiger partial charge in [-0.25, -0.2) is 0 Å². The van der Waals surface area contributed by atoms with Crippen LogP contribution in [0.1, 0.15) is 34.8 Å². The summed E-state index contributed by atoms with van der Waals surface area (Å²) in [6.45, 7) is 4.25. The summed E-state index contributed by atoms with van der Waals surface area (Å²) < 4.78 is 13.1. The molecule has 0 bridgehead atoms. The monoisotopic (exact) mass is 892 g/mol. The van der Waals surface area contributed by atoms with E-state index in [1.807, 2.05) is 97.1 Å². The van der Waals surface area contributed by atoms with Gasteiger partial charge >= 0.3 is 0 Å². The number of phenolic OH excluding ortho intramolecular Hbond substituents is 1. The quantitative estimate of drug-likeness (QED) is 0.141. The van der Waals surface area contributed by atoms with Crippen LogP contribution in [0.5, 0.6) is 5.75 Å². The lowest BCUT2D eigenvalue weighted by atomic mass is 9.89. The zero-order valence-electron chi connectivity index (χ0n) is 37.9. The van der Waals surface area contributed by atoms with E-state index in [4.69, 9.17) is 14.6 Å². The molecule has 5 heteroatoms. The third-order valence-corrected chi connectivity index (χ3v) is 13.0. The zero-order chi connectivity index (χ0) is 46.7. The van der Waals surface area contributed by atoms with Gasteiger partial charge < -0.3 is 24.6 Å². The maximum atomic E-state index is 10.9. The number of nitrogens with two attached hydrogens (primary N) is 1.